The smallest absolute Gasteiger partial charge is 0.338 e. The molecule has 0 saturated carbocycles. The molecule has 0 unspecified atom stereocenters. The lowest BCUT2D eigenvalue weighted by Gasteiger charge is -2.25. The standard InChI is InChI=1S/C29H32N2O5S/c1-7-34-22-14-12-20(13-15-22)26-25(28(33)36-18(4)5)19(6)30-29-31(26)27(32)24(37-29)16-21-10-8-9-11-23(21)35-17(2)3/h8-18,26H,7H2,1-6H3/b24-16+/t26-/m0/s1. The number of rotatable bonds is 8. The van der Waals surface area contributed by atoms with E-state index in [1.807, 2.05) is 75.4 Å². The Morgan fingerprint density at radius 1 is 1.08 bits per heavy atom. The van der Waals surface area contributed by atoms with Gasteiger partial charge in [-0.25, -0.2) is 9.79 Å². The number of carbonyl (C=O) groups excluding carboxylic acids is 1. The van der Waals surface area contributed by atoms with E-state index in [-0.39, 0.29) is 17.8 Å². The third kappa shape index (κ3) is 5.69. The molecule has 1 aliphatic heterocycles. The first kappa shape index (κ1) is 26.4. The van der Waals surface area contributed by atoms with E-state index in [1.165, 1.54) is 11.3 Å². The summed E-state index contributed by atoms with van der Waals surface area (Å²) >= 11 is 1.29. The summed E-state index contributed by atoms with van der Waals surface area (Å²) in [5.41, 5.74) is 2.21. The Kier molecular flexibility index (Phi) is 7.97. The molecule has 4 rings (SSSR count). The maximum atomic E-state index is 13.8. The second kappa shape index (κ2) is 11.2. The Hall–Kier alpha value is -3.65. The number of thiazole rings is 1. The topological polar surface area (TPSA) is 79.1 Å². The number of ether oxygens (including phenoxy) is 3. The number of aromatic nitrogens is 1. The molecule has 0 fully saturated rings. The molecule has 1 aromatic heterocycles. The second-order valence-corrected chi connectivity index (χ2v) is 10.3. The van der Waals surface area contributed by atoms with Gasteiger partial charge in [0, 0.05) is 5.56 Å². The third-order valence-electron chi connectivity index (χ3n) is 5.66. The minimum Gasteiger partial charge on any atom is -0.494 e. The fraction of sp³-hybridized carbons (Fsp3) is 0.345. The van der Waals surface area contributed by atoms with Crippen LogP contribution in [0.4, 0.5) is 0 Å². The average Bonchev–Trinajstić information content (AvgIpc) is 3.13. The number of allylic oxidation sites excluding steroid dienone is 1. The average molecular weight is 521 g/mol. The molecule has 8 heteroatoms. The Labute approximate surface area is 220 Å². The van der Waals surface area contributed by atoms with Gasteiger partial charge in [0.05, 0.1) is 40.7 Å². The molecule has 3 aromatic rings. The summed E-state index contributed by atoms with van der Waals surface area (Å²) in [4.78, 5) is 32.3. The summed E-state index contributed by atoms with van der Waals surface area (Å²) in [7, 11) is 0. The van der Waals surface area contributed by atoms with Crippen LogP contribution < -0.4 is 24.4 Å². The van der Waals surface area contributed by atoms with Crippen LogP contribution in [0.2, 0.25) is 0 Å². The first-order valence-corrected chi connectivity index (χ1v) is 13.2. The monoisotopic (exact) mass is 520 g/mol. The Bertz CT molecular complexity index is 1500. The number of nitrogens with zero attached hydrogens (tertiary/aromatic N) is 2. The maximum absolute atomic E-state index is 13.8. The molecule has 0 N–H and O–H groups in total. The summed E-state index contributed by atoms with van der Waals surface area (Å²) in [5.74, 6) is 0.927. The quantitative estimate of drug-likeness (QED) is 0.412. The van der Waals surface area contributed by atoms with Gasteiger partial charge in [0.2, 0.25) is 0 Å². The zero-order valence-corrected chi connectivity index (χ0v) is 22.8. The lowest BCUT2D eigenvalue weighted by Crippen LogP contribution is -2.40. The molecule has 2 aromatic carbocycles. The fourth-order valence-corrected chi connectivity index (χ4v) is 5.23. The SMILES string of the molecule is CCOc1ccc([C@H]2C(C(=O)OC(C)C)=C(C)N=c3s/c(=C/c4ccccc4OC(C)C)c(=O)n32)cc1. The molecule has 194 valence electrons. The summed E-state index contributed by atoms with van der Waals surface area (Å²) in [6, 6.07) is 14.4. The van der Waals surface area contributed by atoms with Crippen LogP contribution in [0.1, 0.15) is 58.7 Å². The first-order chi connectivity index (χ1) is 17.7. The van der Waals surface area contributed by atoms with Gasteiger partial charge in [-0.1, -0.05) is 41.7 Å². The van der Waals surface area contributed by atoms with E-state index >= 15 is 0 Å². The van der Waals surface area contributed by atoms with E-state index in [0.29, 0.717) is 38.7 Å². The van der Waals surface area contributed by atoms with Crippen LogP contribution in [0.3, 0.4) is 0 Å². The van der Waals surface area contributed by atoms with E-state index in [2.05, 4.69) is 4.99 Å². The predicted octanol–water partition coefficient (Wildman–Crippen LogP) is 4.37. The summed E-state index contributed by atoms with van der Waals surface area (Å²) in [6.07, 6.45) is 1.51. The van der Waals surface area contributed by atoms with Crippen LogP contribution >= 0.6 is 11.3 Å². The van der Waals surface area contributed by atoms with E-state index < -0.39 is 12.0 Å². The minimum absolute atomic E-state index is 0.00685. The number of benzene rings is 2. The van der Waals surface area contributed by atoms with Crippen LogP contribution in [0.15, 0.2) is 69.6 Å². The number of fused-ring (bicyclic) bond motifs is 1. The van der Waals surface area contributed by atoms with E-state index in [4.69, 9.17) is 14.2 Å². The van der Waals surface area contributed by atoms with Crippen molar-refractivity contribution in [1.29, 1.82) is 0 Å². The second-order valence-electron chi connectivity index (χ2n) is 9.24. The number of hydrogen-bond acceptors (Lipinski definition) is 7. The Balaban J connectivity index is 1.90. The molecule has 2 heterocycles. The van der Waals surface area contributed by atoms with E-state index in [9.17, 15) is 9.59 Å². The molecule has 37 heavy (non-hydrogen) atoms. The van der Waals surface area contributed by atoms with Crippen molar-refractivity contribution in [1.82, 2.24) is 4.57 Å². The summed E-state index contributed by atoms with van der Waals surface area (Å²) in [6.45, 7) is 11.8. The maximum Gasteiger partial charge on any atom is 0.338 e. The van der Waals surface area contributed by atoms with Gasteiger partial charge in [0.15, 0.2) is 4.80 Å². The van der Waals surface area contributed by atoms with E-state index in [1.54, 1.807) is 25.3 Å². The molecule has 1 atom stereocenters. The van der Waals surface area contributed by atoms with Gasteiger partial charge < -0.3 is 14.2 Å². The van der Waals surface area contributed by atoms with Crippen molar-refractivity contribution in [3.05, 3.63) is 90.6 Å². The van der Waals surface area contributed by atoms with Crippen molar-refractivity contribution in [2.75, 3.05) is 6.61 Å². The highest BCUT2D eigenvalue weighted by molar-refractivity contribution is 7.07. The highest BCUT2D eigenvalue weighted by atomic mass is 32.1. The normalized spacial score (nSPS) is 15.6. The van der Waals surface area contributed by atoms with Crippen LogP contribution in [-0.4, -0.2) is 29.4 Å². The van der Waals surface area contributed by atoms with Crippen LogP contribution in [0, 0.1) is 0 Å². The molecular formula is C29H32N2O5S. The van der Waals surface area contributed by atoms with Gasteiger partial charge in [-0.2, -0.15) is 0 Å². The molecule has 0 amide bonds. The first-order valence-electron chi connectivity index (χ1n) is 12.4. The lowest BCUT2D eigenvalue weighted by molar-refractivity contribution is -0.143. The zero-order valence-electron chi connectivity index (χ0n) is 22.0. The molecule has 0 spiro atoms. The molecule has 7 nitrogen and oxygen atoms in total. The van der Waals surface area contributed by atoms with Crippen LogP contribution in [0.5, 0.6) is 11.5 Å². The van der Waals surface area contributed by atoms with Gasteiger partial charge >= 0.3 is 5.97 Å². The lowest BCUT2D eigenvalue weighted by atomic mass is 9.96. The molecular weight excluding hydrogens is 488 g/mol. The van der Waals surface area contributed by atoms with Gasteiger partial charge in [0.25, 0.3) is 5.56 Å². The zero-order chi connectivity index (χ0) is 26.7. The fourth-order valence-electron chi connectivity index (χ4n) is 4.19. The van der Waals surface area contributed by atoms with Crippen molar-refractivity contribution in [2.45, 2.75) is 59.8 Å². The van der Waals surface area contributed by atoms with Gasteiger partial charge in [-0.15, -0.1) is 0 Å². The summed E-state index contributed by atoms with van der Waals surface area (Å²) in [5, 5.41) is 0. The molecule has 0 bridgehead atoms. The van der Waals surface area contributed by atoms with E-state index in [0.717, 1.165) is 11.1 Å². The van der Waals surface area contributed by atoms with Crippen molar-refractivity contribution in [3.63, 3.8) is 0 Å². The third-order valence-corrected chi connectivity index (χ3v) is 6.64. The highest BCUT2D eigenvalue weighted by Crippen LogP contribution is 2.32. The molecule has 0 radical (unpaired) electrons. The van der Waals surface area contributed by atoms with Gasteiger partial charge in [-0.3, -0.25) is 9.36 Å². The molecule has 0 aliphatic carbocycles. The minimum atomic E-state index is -0.678. The largest absolute Gasteiger partial charge is 0.494 e. The number of hydrogen-bond donors (Lipinski definition) is 0. The number of esters is 1. The highest BCUT2D eigenvalue weighted by Gasteiger charge is 2.33. The molecule has 0 saturated heterocycles. The Morgan fingerprint density at radius 3 is 2.43 bits per heavy atom. The van der Waals surface area contributed by atoms with Crippen molar-refractivity contribution < 1.29 is 19.0 Å². The van der Waals surface area contributed by atoms with Gasteiger partial charge in [-0.05, 0) is 71.4 Å². The predicted molar refractivity (Wildman–Crippen MR) is 145 cm³/mol. The Morgan fingerprint density at radius 2 is 1.78 bits per heavy atom. The number of para-hydroxylation sites is 1. The van der Waals surface area contributed by atoms with Gasteiger partial charge in [0.1, 0.15) is 11.5 Å². The van der Waals surface area contributed by atoms with Crippen molar-refractivity contribution in [3.8, 4) is 11.5 Å². The van der Waals surface area contributed by atoms with Crippen molar-refractivity contribution >= 4 is 23.4 Å². The van der Waals surface area contributed by atoms with Crippen molar-refractivity contribution in [2.24, 2.45) is 4.99 Å². The molecule has 1 aliphatic rings. The summed E-state index contributed by atoms with van der Waals surface area (Å²) < 4.78 is 19.2. The van der Waals surface area contributed by atoms with Crippen LogP contribution in [0.25, 0.3) is 6.08 Å². The van der Waals surface area contributed by atoms with Crippen LogP contribution in [-0.2, 0) is 9.53 Å². The number of carbonyl (C=O) groups is 1.